The second kappa shape index (κ2) is 8.89. The number of nitrogens with two attached hydrogens (primary N) is 1. The lowest BCUT2D eigenvalue weighted by atomic mass is 10.1. The molecule has 9 heteroatoms. The lowest BCUT2D eigenvalue weighted by Crippen LogP contribution is -2.16. The lowest BCUT2D eigenvalue weighted by molar-refractivity contribution is 0.328. The van der Waals surface area contributed by atoms with Crippen molar-refractivity contribution >= 4 is 28.4 Å². The normalized spacial score (nSPS) is 11.9. The minimum Gasteiger partial charge on any atom is -0.477 e. The summed E-state index contributed by atoms with van der Waals surface area (Å²) in [6.07, 6.45) is 1.70. The first kappa shape index (κ1) is 21.2. The molecule has 0 unspecified atom stereocenters. The Balaban J connectivity index is 2.16. The van der Waals surface area contributed by atoms with Gasteiger partial charge in [0.25, 0.3) is 0 Å². The summed E-state index contributed by atoms with van der Waals surface area (Å²) >= 11 is 0. The number of aryl methyl sites for hydroxylation is 1. The van der Waals surface area contributed by atoms with Crippen LogP contribution in [-0.4, -0.2) is 44.6 Å². The van der Waals surface area contributed by atoms with E-state index in [0.717, 1.165) is 33.7 Å². The van der Waals surface area contributed by atoms with Gasteiger partial charge in [-0.2, -0.15) is 5.10 Å². The number of hydrogen-bond acceptors (Lipinski definition) is 6. The van der Waals surface area contributed by atoms with Gasteiger partial charge in [0.15, 0.2) is 0 Å². The molecule has 0 aliphatic carbocycles. The quantitative estimate of drug-likeness (QED) is 0.405. The number of nitrogens with zero attached hydrogens (tertiary/aromatic N) is 5. The van der Waals surface area contributed by atoms with Crippen molar-refractivity contribution in [3.05, 3.63) is 30.1 Å². The van der Waals surface area contributed by atoms with Crippen LogP contribution in [0.4, 0.5) is 5.69 Å². The van der Waals surface area contributed by atoms with Crippen LogP contribution in [0.5, 0.6) is 5.88 Å². The minimum absolute atomic E-state index is 0.144. The largest absolute Gasteiger partial charge is 0.477 e. The summed E-state index contributed by atoms with van der Waals surface area (Å²) in [5.41, 5.74) is 10.4. The molecule has 0 bridgehead atoms. The summed E-state index contributed by atoms with van der Waals surface area (Å²) in [6.45, 7) is 10.4. The van der Waals surface area contributed by atoms with Crippen molar-refractivity contribution in [1.82, 2.24) is 19.7 Å². The Morgan fingerprint density at radius 3 is 2.83 bits per heavy atom. The molecule has 0 aromatic carbocycles. The van der Waals surface area contributed by atoms with E-state index < -0.39 is 0 Å². The third kappa shape index (κ3) is 4.40. The van der Waals surface area contributed by atoms with Crippen molar-refractivity contribution in [2.75, 3.05) is 18.5 Å². The second-order valence-electron chi connectivity index (χ2n) is 7.22. The van der Waals surface area contributed by atoms with Gasteiger partial charge in [0.2, 0.25) is 5.88 Å². The van der Waals surface area contributed by atoms with Crippen LogP contribution in [0.3, 0.4) is 0 Å². The molecule has 3 heterocycles. The highest BCUT2D eigenvalue weighted by Gasteiger charge is 2.19. The van der Waals surface area contributed by atoms with Crippen molar-refractivity contribution in [1.29, 1.82) is 5.41 Å². The van der Waals surface area contributed by atoms with Crippen LogP contribution in [0.1, 0.15) is 39.4 Å². The molecule has 0 spiro atoms. The van der Waals surface area contributed by atoms with E-state index in [-0.39, 0.29) is 18.4 Å². The zero-order valence-electron chi connectivity index (χ0n) is 18.0. The molecule has 0 saturated heterocycles. The number of hydrogen-bond donors (Lipinski definition) is 3. The first-order chi connectivity index (χ1) is 14.3. The van der Waals surface area contributed by atoms with Gasteiger partial charge in [0, 0.05) is 12.2 Å². The van der Waals surface area contributed by atoms with E-state index in [1.807, 2.05) is 36.7 Å². The van der Waals surface area contributed by atoms with Gasteiger partial charge in [-0.05, 0) is 52.8 Å². The second-order valence-corrected chi connectivity index (χ2v) is 7.22. The van der Waals surface area contributed by atoms with Crippen molar-refractivity contribution in [2.45, 2.75) is 40.7 Å². The summed E-state index contributed by atoms with van der Waals surface area (Å²) in [6, 6.07) is 5.88. The average Bonchev–Trinajstić information content (AvgIpc) is 3.03. The fourth-order valence-corrected chi connectivity index (χ4v) is 3.20. The van der Waals surface area contributed by atoms with Gasteiger partial charge in [-0.3, -0.25) is 10.1 Å². The summed E-state index contributed by atoms with van der Waals surface area (Å²) in [5.74, 6) is 1.02. The maximum Gasteiger partial charge on any atom is 0.222 e. The molecule has 0 amide bonds. The van der Waals surface area contributed by atoms with Gasteiger partial charge in [0.1, 0.15) is 16.9 Å². The van der Waals surface area contributed by atoms with Crippen LogP contribution in [0.25, 0.3) is 22.3 Å². The van der Waals surface area contributed by atoms with E-state index >= 15 is 0 Å². The molecule has 0 saturated carbocycles. The number of aromatic nitrogens is 4. The van der Waals surface area contributed by atoms with E-state index in [9.17, 15) is 0 Å². The van der Waals surface area contributed by atoms with Gasteiger partial charge in [-0.15, -0.1) is 0 Å². The highest BCUT2D eigenvalue weighted by molar-refractivity contribution is 5.98. The number of rotatable bonds is 7. The van der Waals surface area contributed by atoms with Gasteiger partial charge < -0.3 is 15.8 Å². The molecule has 0 fully saturated rings. The van der Waals surface area contributed by atoms with Gasteiger partial charge in [0.05, 0.1) is 41.6 Å². The highest BCUT2D eigenvalue weighted by Crippen LogP contribution is 2.34. The third-order valence-corrected chi connectivity index (χ3v) is 4.40. The first-order valence-electron chi connectivity index (χ1n) is 9.91. The molecule has 0 radical (unpaired) electrons. The van der Waals surface area contributed by atoms with Crippen molar-refractivity contribution in [3.63, 3.8) is 0 Å². The molecular weight excluding hydrogens is 380 g/mol. The molecule has 9 nitrogen and oxygen atoms in total. The smallest absolute Gasteiger partial charge is 0.222 e. The molecule has 3 aromatic heterocycles. The Hall–Kier alpha value is -3.49. The molecule has 3 aromatic rings. The maximum absolute atomic E-state index is 8.03. The molecule has 0 aliphatic rings. The Labute approximate surface area is 175 Å². The number of fused-ring (bicyclic) bond motifs is 1. The van der Waals surface area contributed by atoms with Gasteiger partial charge >= 0.3 is 0 Å². The third-order valence-electron chi connectivity index (χ3n) is 4.40. The minimum atomic E-state index is 0.144. The summed E-state index contributed by atoms with van der Waals surface area (Å²) in [7, 11) is 0. The zero-order chi connectivity index (χ0) is 21.8. The average molecular weight is 409 g/mol. The number of ether oxygens (including phenoxy) is 1. The van der Waals surface area contributed by atoms with Gasteiger partial charge in [-0.1, -0.05) is 0 Å². The highest BCUT2D eigenvalue weighted by atomic mass is 16.5. The topological polar surface area (TPSA) is 127 Å². The SMILES string of the molecule is CCOc1ncccc1-c1cc(NCC(=N)/N=C(/C)N)c2c(n1)c(C)nn2C(C)C. The van der Waals surface area contributed by atoms with Crippen LogP contribution in [-0.2, 0) is 0 Å². The van der Waals surface area contributed by atoms with Crippen molar-refractivity contribution in [3.8, 4) is 17.1 Å². The Morgan fingerprint density at radius 1 is 1.40 bits per heavy atom. The van der Waals surface area contributed by atoms with Crippen molar-refractivity contribution < 1.29 is 4.74 Å². The van der Waals surface area contributed by atoms with Crippen molar-refractivity contribution in [2.24, 2.45) is 10.7 Å². The number of anilines is 1. The molecule has 158 valence electrons. The fourth-order valence-electron chi connectivity index (χ4n) is 3.20. The van der Waals surface area contributed by atoms with Crippen LogP contribution in [0.2, 0.25) is 0 Å². The van der Waals surface area contributed by atoms with Crippen LogP contribution in [0, 0.1) is 12.3 Å². The first-order valence-corrected chi connectivity index (χ1v) is 9.91. The van der Waals surface area contributed by atoms with Gasteiger partial charge in [-0.25, -0.2) is 15.0 Å². The summed E-state index contributed by atoms with van der Waals surface area (Å²) in [4.78, 5) is 13.2. The van der Waals surface area contributed by atoms with E-state index in [4.69, 9.17) is 20.9 Å². The Morgan fingerprint density at radius 2 is 2.17 bits per heavy atom. The monoisotopic (exact) mass is 408 g/mol. The predicted octanol–water partition coefficient (Wildman–Crippen LogP) is 3.55. The molecule has 30 heavy (non-hydrogen) atoms. The standard InChI is InChI=1S/C21H28N8O/c1-6-30-21-15(8-7-9-24-21)16-10-17(25-11-18(23)26-14(5)22)20-19(27-16)13(4)28-29(20)12(2)3/h7-10,12H,6,11H2,1-5H3,(H,25,27)(H3,22,23,26). The molecule has 0 atom stereocenters. The zero-order valence-corrected chi connectivity index (χ0v) is 18.0. The molecule has 4 N–H and O–H groups in total. The molecule has 0 aliphatic heterocycles. The summed E-state index contributed by atoms with van der Waals surface area (Å²) < 4.78 is 7.64. The van der Waals surface area contributed by atoms with E-state index in [0.29, 0.717) is 18.3 Å². The van der Waals surface area contributed by atoms with E-state index in [1.165, 1.54) is 0 Å². The maximum atomic E-state index is 8.03. The summed E-state index contributed by atoms with van der Waals surface area (Å²) in [5, 5.41) is 16.0. The lowest BCUT2D eigenvalue weighted by Gasteiger charge is -2.15. The van der Waals surface area contributed by atoms with Crippen LogP contribution >= 0.6 is 0 Å². The molecular formula is C21H28N8O. The number of pyridine rings is 2. The predicted molar refractivity (Wildman–Crippen MR) is 121 cm³/mol. The number of amidine groups is 2. The number of nitrogens with one attached hydrogen (secondary N) is 2. The number of aliphatic imine (C=N–C) groups is 1. The van der Waals surface area contributed by atoms with Crippen LogP contribution < -0.4 is 15.8 Å². The van der Waals surface area contributed by atoms with E-state index in [2.05, 4.69) is 34.2 Å². The van der Waals surface area contributed by atoms with Crippen LogP contribution in [0.15, 0.2) is 29.4 Å². The fraction of sp³-hybridized carbons (Fsp3) is 0.381. The Kier molecular flexibility index (Phi) is 6.29. The van der Waals surface area contributed by atoms with E-state index in [1.54, 1.807) is 13.1 Å². The Bertz CT molecular complexity index is 1100. The molecule has 3 rings (SSSR count).